The number of ether oxygens (including phenoxy) is 2. The first-order valence-corrected chi connectivity index (χ1v) is 7.49. The van der Waals surface area contributed by atoms with Gasteiger partial charge < -0.3 is 25.4 Å². The minimum atomic E-state index is 0.548. The van der Waals surface area contributed by atoms with Crippen molar-refractivity contribution in [3.63, 3.8) is 0 Å². The molecule has 120 valence electrons. The summed E-state index contributed by atoms with van der Waals surface area (Å²) in [5.41, 5.74) is 5.47. The van der Waals surface area contributed by atoms with Gasteiger partial charge >= 0.3 is 0 Å². The normalized spacial score (nSPS) is 10.6. The molecule has 0 atom stereocenters. The van der Waals surface area contributed by atoms with Crippen LogP contribution in [-0.4, -0.2) is 62.6 Å². The standard InChI is InChI=1S/C14H27N5O2/c1-3-20-11-9-19(10-12-21-4-2)13-5-7-16-14(18-13)17-8-6-15/h5,7H,3-4,6,8-12,15H2,1-2H3,(H,16,17,18). The van der Waals surface area contributed by atoms with Crippen molar-refractivity contribution in [2.24, 2.45) is 5.73 Å². The van der Waals surface area contributed by atoms with Gasteiger partial charge in [0.05, 0.1) is 13.2 Å². The minimum Gasteiger partial charge on any atom is -0.380 e. The van der Waals surface area contributed by atoms with Crippen LogP contribution in [0, 0.1) is 0 Å². The van der Waals surface area contributed by atoms with E-state index in [0.717, 1.165) is 18.9 Å². The average molecular weight is 297 g/mol. The van der Waals surface area contributed by atoms with Gasteiger partial charge in [-0.3, -0.25) is 0 Å². The zero-order valence-corrected chi connectivity index (χ0v) is 13.0. The summed E-state index contributed by atoms with van der Waals surface area (Å²) in [6.45, 7) is 9.49. The second kappa shape index (κ2) is 11.2. The number of hydrogen-bond acceptors (Lipinski definition) is 7. The highest BCUT2D eigenvalue weighted by Crippen LogP contribution is 2.11. The fourth-order valence-corrected chi connectivity index (χ4v) is 1.77. The molecule has 0 unspecified atom stereocenters. The summed E-state index contributed by atoms with van der Waals surface area (Å²) in [6.07, 6.45) is 1.75. The van der Waals surface area contributed by atoms with Crippen LogP contribution in [-0.2, 0) is 9.47 Å². The Bertz CT molecular complexity index is 368. The van der Waals surface area contributed by atoms with E-state index in [2.05, 4.69) is 20.2 Å². The lowest BCUT2D eigenvalue weighted by molar-refractivity contribution is 0.141. The van der Waals surface area contributed by atoms with Crippen molar-refractivity contribution in [3.8, 4) is 0 Å². The maximum Gasteiger partial charge on any atom is 0.224 e. The molecule has 7 heteroatoms. The number of aromatic nitrogens is 2. The fourth-order valence-electron chi connectivity index (χ4n) is 1.77. The summed E-state index contributed by atoms with van der Waals surface area (Å²) >= 11 is 0. The van der Waals surface area contributed by atoms with Crippen LogP contribution in [0.2, 0.25) is 0 Å². The van der Waals surface area contributed by atoms with Gasteiger partial charge in [-0.15, -0.1) is 0 Å². The van der Waals surface area contributed by atoms with Crippen molar-refractivity contribution >= 4 is 11.8 Å². The number of rotatable bonds is 12. The van der Waals surface area contributed by atoms with E-state index in [4.69, 9.17) is 15.2 Å². The molecule has 0 bridgehead atoms. The van der Waals surface area contributed by atoms with Crippen molar-refractivity contribution in [1.82, 2.24) is 9.97 Å². The molecule has 0 radical (unpaired) electrons. The lowest BCUT2D eigenvalue weighted by Crippen LogP contribution is -2.32. The lowest BCUT2D eigenvalue weighted by Gasteiger charge is -2.23. The molecule has 1 aromatic heterocycles. The monoisotopic (exact) mass is 297 g/mol. The quantitative estimate of drug-likeness (QED) is 0.550. The maximum absolute atomic E-state index is 5.47. The molecule has 1 heterocycles. The molecule has 0 saturated heterocycles. The number of nitrogens with one attached hydrogen (secondary N) is 1. The Morgan fingerprint density at radius 3 is 2.43 bits per heavy atom. The van der Waals surface area contributed by atoms with E-state index >= 15 is 0 Å². The Morgan fingerprint density at radius 2 is 1.86 bits per heavy atom. The summed E-state index contributed by atoms with van der Waals surface area (Å²) in [4.78, 5) is 10.8. The van der Waals surface area contributed by atoms with E-state index in [1.165, 1.54) is 0 Å². The molecule has 21 heavy (non-hydrogen) atoms. The van der Waals surface area contributed by atoms with Gasteiger partial charge in [0.15, 0.2) is 0 Å². The highest BCUT2D eigenvalue weighted by atomic mass is 16.5. The number of anilines is 2. The van der Waals surface area contributed by atoms with Gasteiger partial charge in [0.2, 0.25) is 5.95 Å². The second-order valence-electron chi connectivity index (χ2n) is 4.33. The van der Waals surface area contributed by atoms with Gasteiger partial charge in [0.1, 0.15) is 5.82 Å². The molecule has 0 saturated carbocycles. The Kier molecular flexibility index (Phi) is 9.43. The third kappa shape index (κ3) is 7.22. The molecule has 0 aliphatic carbocycles. The molecular weight excluding hydrogens is 270 g/mol. The van der Waals surface area contributed by atoms with Gasteiger partial charge in [-0.1, -0.05) is 0 Å². The molecular formula is C14H27N5O2. The predicted molar refractivity (Wildman–Crippen MR) is 84.8 cm³/mol. The Balaban J connectivity index is 2.65. The maximum atomic E-state index is 5.47. The first-order chi connectivity index (χ1) is 10.3. The van der Waals surface area contributed by atoms with Gasteiger partial charge in [0, 0.05) is 45.6 Å². The molecule has 0 spiro atoms. The molecule has 7 nitrogen and oxygen atoms in total. The zero-order chi connectivity index (χ0) is 15.3. The smallest absolute Gasteiger partial charge is 0.224 e. The summed E-state index contributed by atoms with van der Waals surface area (Å²) < 4.78 is 10.9. The molecule has 0 aliphatic heterocycles. The topological polar surface area (TPSA) is 85.5 Å². The Morgan fingerprint density at radius 1 is 1.19 bits per heavy atom. The van der Waals surface area contributed by atoms with E-state index in [-0.39, 0.29) is 0 Å². The van der Waals surface area contributed by atoms with E-state index in [1.54, 1.807) is 6.20 Å². The van der Waals surface area contributed by atoms with Crippen LogP contribution in [0.3, 0.4) is 0 Å². The van der Waals surface area contributed by atoms with Crippen molar-refractivity contribution in [3.05, 3.63) is 12.3 Å². The minimum absolute atomic E-state index is 0.548. The molecule has 1 aromatic rings. The molecule has 0 fully saturated rings. The van der Waals surface area contributed by atoms with Crippen LogP contribution in [0.25, 0.3) is 0 Å². The summed E-state index contributed by atoms with van der Waals surface area (Å²) in [5.74, 6) is 1.46. The van der Waals surface area contributed by atoms with Crippen LogP contribution in [0.1, 0.15) is 13.8 Å². The summed E-state index contributed by atoms with van der Waals surface area (Å²) in [7, 11) is 0. The highest BCUT2D eigenvalue weighted by Gasteiger charge is 2.09. The zero-order valence-electron chi connectivity index (χ0n) is 13.0. The molecule has 3 N–H and O–H groups in total. The molecule has 0 amide bonds. The van der Waals surface area contributed by atoms with E-state index in [0.29, 0.717) is 45.5 Å². The van der Waals surface area contributed by atoms with Crippen molar-refractivity contribution in [1.29, 1.82) is 0 Å². The van der Waals surface area contributed by atoms with Gasteiger partial charge in [-0.25, -0.2) is 4.98 Å². The Hall–Kier alpha value is -1.44. The van der Waals surface area contributed by atoms with Gasteiger partial charge in [-0.2, -0.15) is 4.98 Å². The molecule has 1 rings (SSSR count). The van der Waals surface area contributed by atoms with Gasteiger partial charge in [-0.05, 0) is 19.9 Å². The molecule has 0 aliphatic rings. The fraction of sp³-hybridized carbons (Fsp3) is 0.714. The first-order valence-electron chi connectivity index (χ1n) is 7.49. The van der Waals surface area contributed by atoms with Crippen LogP contribution in [0.5, 0.6) is 0 Å². The van der Waals surface area contributed by atoms with Crippen LogP contribution >= 0.6 is 0 Å². The molecule has 0 aromatic carbocycles. The summed E-state index contributed by atoms with van der Waals surface area (Å²) in [5, 5.41) is 3.09. The third-order valence-electron chi connectivity index (χ3n) is 2.81. The average Bonchev–Trinajstić information content (AvgIpc) is 2.52. The predicted octanol–water partition coefficient (Wildman–Crippen LogP) is 0.727. The Labute approximate surface area is 126 Å². The van der Waals surface area contributed by atoms with Crippen molar-refractivity contribution in [2.75, 3.05) is 62.8 Å². The number of nitrogens with two attached hydrogens (primary N) is 1. The summed E-state index contributed by atoms with van der Waals surface area (Å²) in [6, 6.07) is 1.89. The SMILES string of the molecule is CCOCCN(CCOCC)c1ccnc(NCCN)n1. The van der Waals surface area contributed by atoms with Gasteiger partial charge in [0.25, 0.3) is 0 Å². The van der Waals surface area contributed by atoms with E-state index in [1.807, 2.05) is 19.9 Å². The lowest BCUT2D eigenvalue weighted by atomic mass is 10.4. The third-order valence-corrected chi connectivity index (χ3v) is 2.81. The van der Waals surface area contributed by atoms with Crippen LogP contribution in [0.4, 0.5) is 11.8 Å². The van der Waals surface area contributed by atoms with Crippen molar-refractivity contribution in [2.45, 2.75) is 13.8 Å². The van der Waals surface area contributed by atoms with Crippen LogP contribution in [0.15, 0.2) is 12.3 Å². The highest BCUT2D eigenvalue weighted by molar-refractivity contribution is 5.42. The van der Waals surface area contributed by atoms with Crippen molar-refractivity contribution < 1.29 is 9.47 Å². The first kappa shape index (κ1) is 17.6. The second-order valence-corrected chi connectivity index (χ2v) is 4.33. The largest absolute Gasteiger partial charge is 0.380 e. The van der Waals surface area contributed by atoms with Crippen LogP contribution < -0.4 is 16.0 Å². The number of nitrogens with zero attached hydrogens (tertiary/aromatic N) is 3. The van der Waals surface area contributed by atoms with E-state index in [9.17, 15) is 0 Å². The van der Waals surface area contributed by atoms with E-state index < -0.39 is 0 Å². The number of hydrogen-bond donors (Lipinski definition) is 2.